The number of amides is 1. The van der Waals surface area contributed by atoms with Gasteiger partial charge < -0.3 is 14.6 Å². The number of nitrogens with one attached hydrogen (secondary N) is 1. The molecule has 2 bridgehead atoms. The standard InChI is InChI=1S/C15H22BrNO4/c1-14(2)8-4-5-15(14,3)10(6-8)20-11-7-9(16)12(21-11)17-13(18)19/h7-8,10-12,17H,4-6H2,1-3H3,(H,18,19). The molecule has 2 saturated carbocycles. The minimum Gasteiger partial charge on any atom is -0.465 e. The first-order valence-electron chi connectivity index (χ1n) is 7.41. The second-order valence-electron chi connectivity index (χ2n) is 7.12. The van der Waals surface area contributed by atoms with E-state index in [-0.39, 0.29) is 16.9 Å². The van der Waals surface area contributed by atoms with Gasteiger partial charge in [-0.2, -0.15) is 0 Å². The van der Waals surface area contributed by atoms with Gasteiger partial charge in [0.1, 0.15) is 0 Å². The maximum absolute atomic E-state index is 10.7. The minimum absolute atomic E-state index is 0.163. The van der Waals surface area contributed by atoms with Crippen molar-refractivity contribution in [1.29, 1.82) is 0 Å². The van der Waals surface area contributed by atoms with E-state index in [0.717, 1.165) is 6.42 Å². The summed E-state index contributed by atoms with van der Waals surface area (Å²) >= 11 is 3.33. The summed E-state index contributed by atoms with van der Waals surface area (Å²) in [6.45, 7) is 6.99. The van der Waals surface area contributed by atoms with Crippen LogP contribution < -0.4 is 5.32 Å². The highest BCUT2D eigenvalue weighted by molar-refractivity contribution is 9.11. The lowest BCUT2D eigenvalue weighted by Crippen LogP contribution is -2.40. The van der Waals surface area contributed by atoms with Gasteiger partial charge >= 0.3 is 6.09 Å². The zero-order valence-electron chi connectivity index (χ0n) is 12.6. The summed E-state index contributed by atoms with van der Waals surface area (Å²) < 4.78 is 12.4. The van der Waals surface area contributed by atoms with Gasteiger partial charge in [-0.3, -0.25) is 5.32 Å². The van der Waals surface area contributed by atoms with Crippen LogP contribution in [0.15, 0.2) is 10.6 Å². The Morgan fingerprint density at radius 2 is 2.24 bits per heavy atom. The number of halogens is 1. The van der Waals surface area contributed by atoms with E-state index in [1.54, 1.807) is 6.08 Å². The smallest absolute Gasteiger partial charge is 0.406 e. The molecule has 2 N–H and O–H groups in total. The van der Waals surface area contributed by atoms with Crippen LogP contribution in [-0.4, -0.2) is 29.8 Å². The fourth-order valence-corrected chi connectivity index (χ4v) is 4.68. The molecule has 5 atom stereocenters. The number of hydrogen-bond acceptors (Lipinski definition) is 3. The van der Waals surface area contributed by atoms with Crippen LogP contribution in [0.2, 0.25) is 0 Å². The Morgan fingerprint density at radius 3 is 2.76 bits per heavy atom. The molecule has 0 radical (unpaired) electrons. The number of carbonyl (C=O) groups is 1. The highest BCUT2D eigenvalue weighted by Gasteiger charge is 2.62. The Labute approximate surface area is 133 Å². The predicted octanol–water partition coefficient (Wildman–Crippen LogP) is 3.45. The van der Waals surface area contributed by atoms with Crippen molar-refractivity contribution < 1.29 is 19.4 Å². The molecular formula is C15H22BrNO4. The van der Waals surface area contributed by atoms with Gasteiger partial charge in [0.05, 0.1) is 6.10 Å². The van der Waals surface area contributed by atoms with Gasteiger partial charge in [-0.25, -0.2) is 4.79 Å². The minimum atomic E-state index is -1.11. The van der Waals surface area contributed by atoms with Gasteiger partial charge in [0.25, 0.3) is 0 Å². The molecular weight excluding hydrogens is 338 g/mol. The Morgan fingerprint density at radius 1 is 1.52 bits per heavy atom. The summed E-state index contributed by atoms with van der Waals surface area (Å²) in [7, 11) is 0. The third-order valence-electron chi connectivity index (χ3n) is 6.08. The summed E-state index contributed by atoms with van der Waals surface area (Å²) in [5.41, 5.74) is 0.454. The van der Waals surface area contributed by atoms with Crippen LogP contribution in [-0.2, 0) is 9.47 Å². The van der Waals surface area contributed by atoms with Gasteiger partial charge in [-0.1, -0.05) is 36.7 Å². The molecule has 2 fully saturated rings. The van der Waals surface area contributed by atoms with Crippen molar-refractivity contribution in [3.63, 3.8) is 0 Å². The van der Waals surface area contributed by atoms with E-state index in [9.17, 15) is 4.79 Å². The number of carboxylic acid groups (broad SMARTS) is 1. The lowest BCUT2D eigenvalue weighted by molar-refractivity contribution is -0.180. The largest absolute Gasteiger partial charge is 0.465 e. The van der Waals surface area contributed by atoms with Crippen LogP contribution in [0.1, 0.15) is 40.0 Å². The molecule has 0 saturated heterocycles. The molecule has 5 unspecified atom stereocenters. The molecule has 118 valence electrons. The molecule has 0 aromatic heterocycles. The highest BCUT2D eigenvalue weighted by Crippen LogP contribution is 2.66. The number of hydrogen-bond donors (Lipinski definition) is 2. The van der Waals surface area contributed by atoms with Crippen LogP contribution in [0.3, 0.4) is 0 Å². The molecule has 6 heteroatoms. The molecule has 5 nitrogen and oxygen atoms in total. The maximum atomic E-state index is 10.7. The number of ether oxygens (including phenoxy) is 2. The molecule has 0 spiro atoms. The second kappa shape index (κ2) is 4.96. The molecule has 1 aliphatic heterocycles. The topological polar surface area (TPSA) is 67.8 Å². The fraction of sp³-hybridized carbons (Fsp3) is 0.800. The van der Waals surface area contributed by atoms with Crippen LogP contribution >= 0.6 is 15.9 Å². The van der Waals surface area contributed by atoms with E-state index in [4.69, 9.17) is 14.6 Å². The van der Waals surface area contributed by atoms with Crippen molar-refractivity contribution >= 4 is 22.0 Å². The summed E-state index contributed by atoms with van der Waals surface area (Å²) in [5.74, 6) is 0.703. The monoisotopic (exact) mass is 359 g/mol. The average Bonchev–Trinajstić information content (AvgIpc) is 2.87. The zero-order chi connectivity index (χ0) is 15.4. The van der Waals surface area contributed by atoms with E-state index in [2.05, 4.69) is 42.0 Å². The molecule has 0 aromatic rings. The fourth-order valence-electron chi connectivity index (χ4n) is 4.24. The van der Waals surface area contributed by atoms with Gasteiger partial charge in [0.15, 0.2) is 12.5 Å². The van der Waals surface area contributed by atoms with Crippen molar-refractivity contribution in [3.8, 4) is 0 Å². The maximum Gasteiger partial charge on any atom is 0.406 e. The third kappa shape index (κ3) is 2.32. The van der Waals surface area contributed by atoms with Crippen LogP contribution in [0.4, 0.5) is 4.79 Å². The summed E-state index contributed by atoms with van der Waals surface area (Å²) in [5, 5.41) is 11.1. The van der Waals surface area contributed by atoms with Crippen LogP contribution in [0.25, 0.3) is 0 Å². The third-order valence-corrected chi connectivity index (χ3v) is 6.76. The Bertz CT molecular complexity index is 492. The molecule has 2 aliphatic carbocycles. The van der Waals surface area contributed by atoms with Crippen LogP contribution in [0, 0.1) is 16.7 Å². The molecule has 3 aliphatic rings. The first-order chi connectivity index (χ1) is 9.74. The van der Waals surface area contributed by atoms with E-state index in [1.807, 2.05) is 0 Å². The normalized spacial score (nSPS) is 43.9. The highest BCUT2D eigenvalue weighted by atomic mass is 79.9. The van der Waals surface area contributed by atoms with Crippen molar-refractivity contribution in [2.24, 2.45) is 16.7 Å². The second-order valence-corrected chi connectivity index (χ2v) is 8.04. The SMILES string of the molecule is CC1(C)C2CCC1(C)C(OC1C=C(Br)C(NC(=O)O)O1)C2. The first kappa shape index (κ1) is 15.3. The van der Waals surface area contributed by atoms with Gasteiger partial charge in [-0.05, 0) is 42.1 Å². The molecule has 1 heterocycles. The average molecular weight is 360 g/mol. The number of fused-ring (bicyclic) bond motifs is 2. The van der Waals surface area contributed by atoms with Crippen molar-refractivity contribution in [2.45, 2.75) is 58.7 Å². The lowest BCUT2D eigenvalue weighted by atomic mass is 9.70. The van der Waals surface area contributed by atoms with E-state index in [0.29, 0.717) is 10.4 Å². The molecule has 3 rings (SSSR count). The summed E-state index contributed by atoms with van der Waals surface area (Å²) in [6, 6.07) is 0. The van der Waals surface area contributed by atoms with Crippen molar-refractivity contribution in [3.05, 3.63) is 10.6 Å². The van der Waals surface area contributed by atoms with Gasteiger partial charge in [-0.15, -0.1) is 0 Å². The van der Waals surface area contributed by atoms with Crippen molar-refractivity contribution in [2.75, 3.05) is 0 Å². The van der Waals surface area contributed by atoms with E-state index < -0.39 is 18.6 Å². The Hall–Kier alpha value is -0.590. The first-order valence-corrected chi connectivity index (χ1v) is 8.21. The Kier molecular flexibility index (Phi) is 3.62. The van der Waals surface area contributed by atoms with Crippen molar-refractivity contribution in [1.82, 2.24) is 5.32 Å². The van der Waals surface area contributed by atoms with Crippen LogP contribution in [0.5, 0.6) is 0 Å². The number of rotatable bonds is 3. The molecule has 1 amide bonds. The summed E-state index contributed by atoms with van der Waals surface area (Å²) in [6.07, 6.45) is 3.20. The summed E-state index contributed by atoms with van der Waals surface area (Å²) in [4.78, 5) is 10.7. The van der Waals surface area contributed by atoms with Gasteiger partial charge in [0.2, 0.25) is 0 Å². The Balaban J connectivity index is 1.66. The quantitative estimate of drug-likeness (QED) is 0.809. The zero-order valence-corrected chi connectivity index (χ0v) is 14.1. The van der Waals surface area contributed by atoms with E-state index >= 15 is 0 Å². The predicted molar refractivity (Wildman–Crippen MR) is 80.9 cm³/mol. The lowest BCUT2D eigenvalue weighted by Gasteiger charge is -2.39. The van der Waals surface area contributed by atoms with E-state index in [1.165, 1.54) is 12.8 Å². The van der Waals surface area contributed by atoms with Gasteiger partial charge in [0, 0.05) is 4.48 Å². The molecule has 0 aromatic carbocycles. The molecule has 21 heavy (non-hydrogen) atoms.